The smallest absolute Gasteiger partial charge is 0.210 e. The molecule has 0 aliphatic heterocycles. The molecule has 0 unspecified atom stereocenters. The fraction of sp³-hybridized carbons (Fsp3) is 0.176. The van der Waals surface area contributed by atoms with Gasteiger partial charge in [-0.25, -0.2) is 0 Å². The summed E-state index contributed by atoms with van der Waals surface area (Å²) < 4.78 is 6.12. The number of rotatable bonds is 6. The average Bonchev–Trinajstić information content (AvgIpc) is 3.03. The highest BCUT2D eigenvalue weighted by Gasteiger charge is 2.06. The Morgan fingerprint density at radius 1 is 1.09 bits per heavy atom. The molecule has 4 nitrogen and oxygen atoms in total. The number of nitrogens with one attached hydrogen (secondary N) is 1. The number of hydrogen-bond acceptors (Lipinski definition) is 6. The summed E-state index contributed by atoms with van der Waals surface area (Å²) in [4.78, 5) is 0. The number of benzene rings is 2. The van der Waals surface area contributed by atoms with Crippen molar-refractivity contribution in [2.45, 2.75) is 17.0 Å². The van der Waals surface area contributed by atoms with Crippen molar-refractivity contribution < 1.29 is 4.74 Å². The van der Waals surface area contributed by atoms with Crippen molar-refractivity contribution in [2.24, 2.45) is 0 Å². The van der Waals surface area contributed by atoms with Crippen molar-refractivity contribution in [2.75, 3.05) is 12.4 Å². The Balaban J connectivity index is 1.59. The van der Waals surface area contributed by atoms with Gasteiger partial charge in [-0.05, 0) is 36.2 Å². The minimum absolute atomic E-state index is 0.816. The van der Waals surface area contributed by atoms with Gasteiger partial charge in [-0.15, -0.1) is 10.2 Å². The number of hydrogen-bond donors (Lipinski definition) is 1. The Bertz CT molecular complexity index is 772. The summed E-state index contributed by atoms with van der Waals surface area (Å²) in [6.45, 7) is 2.07. The number of anilines is 2. The van der Waals surface area contributed by atoms with E-state index < -0.39 is 0 Å². The minimum Gasteiger partial charge on any atom is -0.497 e. The number of aromatic nitrogens is 2. The molecule has 3 rings (SSSR count). The summed E-state index contributed by atoms with van der Waals surface area (Å²) >= 11 is 3.25. The topological polar surface area (TPSA) is 47.0 Å². The second-order valence-corrected chi connectivity index (χ2v) is 7.15. The molecular weight excluding hydrogens is 326 g/mol. The van der Waals surface area contributed by atoms with Gasteiger partial charge >= 0.3 is 0 Å². The van der Waals surface area contributed by atoms with Crippen LogP contribution < -0.4 is 10.1 Å². The van der Waals surface area contributed by atoms with E-state index in [0.29, 0.717) is 0 Å². The summed E-state index contributed by atoms with van der Waals surface area (Å²) in [5.74, 6) is 1.74. The lowest BCUT2D eigenvalue weighted by Gasteiger charge is -2.04. The van der Waals surface area contributed by atoms with Gasteiger partial charge in [0.1, 0.15) is 5.75 Å². The van der Waals surface area contributed by atoms with E-state index in [0.717, 1.165) is 26.7 Å². The molecule has 6 heteroatoms. The fourth-order valence-corrected chi connectivity index (χ4v) is 3.73. The quantitative estimate of drug-likeness (QED) is 0.646. The van der Waals surface area contributed by atoms with Crippen LogP contribution in [0.15, 0.2) is 52.9 Å². The van der Waals surface area contributed by atoms with Gasteiger partial charge < -0.3 is 10.1 Å². The van der Waals surface area contributed by atoms with Crippen LogP contribution >= 0.6 is 23.1 Å². The van der Waals surface area contributed by atoms with Crippen molar-refractivity contribution in [1.29, 1.82) is 0 Å². The zero-order valence-electron chi connectivity index (χ0n) is 12.9. The molecule has 0 fully saturated rings. The Kier molecular flexibility index (Phi) is 5.15. The van der Waals surface area contributed by atoms with E-state index in [1.165, 1.54) is 11.1 Å². The van der Waals surface area contributed by atoms with Gasteiger partial charge in [-0.3, -0.25) is 0 Å². The zero-order valence-corrected chi connectivity index (χ0v) is 14.6. The summed E-state index contributed by atoms with van der Waals surface area (Å²) in [6.07, 6.45) is 0. The standard InChI is InChI=1S/C17H17N3OS2/c1-12-5-3-4-6-15(12)18-16-19-20-17(23-16)22-11-13-7-9-14(21-2)10-8-13/h3-10H,11H2,1-2H3,(H,18,19). The van der Waals surface area contributed by atoms with Crippen molar-refractivity contribution in [1.82, 2.24) is 10.2 Å². The molecule has 1 aromatic heterocycles. The summed E-state index contributed by atoms with van der Waals surface area (Å²) in [5.41, 5.74) is 3.49. The molecule has 2 aromatic carbocycles. The lowest BCUT2D eigenvalue weighted by Crippen LogP contribution is -1.91. The molecule has 0 atom stereocenters. The molecule has 0 aliphatic rings. The maximum absolute atomic E-state index is 5.17. The Morgan fingerprint density at radius 2 is 1.87 bits per heavy atom. The maximum atomic E-state index is 5.17. The Hall–Kier alpha value is -2.05. The molecule has 1 N–H and O–H groups in total. The number of methoxy groups -OCH3 is 1. The first-order valence-electron chi connectivity index (χ1n) is 7.16. The molecule has 23 heavy (non-hydrogen) atoms. The van der Waals surface area contributed by atoms with Gasteiger partial charge in [0.05, 0.1) is 7.11 Å². The second-order valence-electron chi connectivity index (χ2n) is 4.95. The van der Waals surface area contributed by atoms with E-state index in [2.05, 4.69) is 40.6 Å². The number of para-hydroxylation sites is 1. The first-order valence-corrected chi connectivity index (χ1v) is 8.96. The van der Waals surface area contributed by atoms with E-state index in [-0.39, 0.29) is 0 Å². The summed E-state index contributed by atoms with van der Waals surface area (Å²) in [5, 5.41) is 12.6. The first kappa shape index (κ1) is 15.8. The van der Waals surface area contributed by atoms with Crippen LogP contribution in [-0.2, 0) is 5.75 Å². The van der Waals surface area contributed by atoms with Gasteiger partial charge in [0.2, 0.25) is 5.13 Å². The van der Waals surface area contributed by atoms with Crippen molar-refractivity contribution in [3.05, 3.63) is 59.7 Å². The predicted molar refractivity (Wildman–Crippen MR) is 96.9 cm³/mol. The maximum Gasteiger partial charge on any atom is 0.210 e. The number of thioether (sulfide) groups is 1. The van der Waals surface area contributed by atoms with Crippen molar-refractivity contribution in [3.63, 3.8) is 0 Å². The van der Waals surface area contributed by atoms with E-state index >= 15 is 0 Å². The summed E-state index contributed by atoms with van der Waals surface area (Å²) in [6, 6.07) is 16.2. The third-order valence-electron chi connectivity index (χ3n) is 3.31. The molecule has 0 aliphatic carbocycles. The van der Waals surface area contributed by atoms with Crippen LogP contribution in [-0.4, -0.2) is 17.3 Å². The van der Waals surface area contributed by atoms with E-state index in [1.807, 2.05) is 30.3 Å². The molecule has 1 heterocycles. The van der Waals surface area contributed by atoms with Gasteiger partial charge in [-0.2, -0.15) is 0 Å². The monoisotopic (exact) mass is 343 g/mol. The molecule has 0 bridgehead atoms. The minimum atomic E-state index is 0.816. The van der Waals surface area contributed by atoms with Crippen molar-refractivity contribution in [3.8, 4) is 5.75 Å². The van der Waals surface area contributed by atoms with Crippen LogP contribution in [0.3, 0.4) is 0 Å². The lowest BCUT2D eigenvalue weighted by atomic mass is 10.2. The SMILES string of the molecule is COc1ccc(CSc2nnc(Nc3ccccc3C)s2)cc1. The average molecular weight is 343 g/mol. The normalized spacial score (nSPS) is 10.5. The molecule has 3 aromatic rings. The third kappa shape index (κ3) is 4.24. The number of aryl methyl sites for hydroxylation is 1. The van der Waals surface area contributed by atoms with Crippen LogP contribution in [0, 0.1) is 6.92 Å². The Labute approximate surface area is 143 Å². The van der Waals surface area contributed by atoms with Crippen LogP contribution in [0.1, 0.15) is 11.1 Å². The molecule has 0 amide bonds. The van der Waals surface area contributed by atoms with Crippen LogP contribution in [0.5, 0.6) is 5.75 Å². The second kappa shape index (κ2) is 7.48. The predicted octanol–water partition coefficient (Wildman–Crippen LogP) is 4.89. The number of ether oxygens (including phenoxy) is 1. The molecule has 0 saturated heterocycles. The lowest BCUT2D eigenvalue weighted by molar-refractivity contribution is 0.414. The van der Waals surface area contributed by atoms with Crippen molar-refractivity contribution >= 4 is 33.9 Å². The largest absolute Gasteiger partial charge is 0.497 e. The van der Waals surface area contributed by atoms with Crippen LogP contribution in [0.2, 0.25) is 0 Å². The van der Waals surface area contributed by atoms with Crippen LogP contribution in [0.4, 0.5) is 10.8 Å². The van der Waals surface area contributed by atoms with Gasteiger partial charge in [0.15, 0.2) is 4.34 Å². The Morgan fingerprint density at radius 3 is 2.61 bits per heavy atom. The third-order valence-corrected chi connectivity index (χ3v) is 5.36. The summed E-state index contributed by atoms with van der Waals surface area (Å²) in [7, 11) is 1.67. The molecule has 0 spiro atoms. The van der Waals surface area contributed by atoms with E-state index in [4.69, 9.17) is 4.74 Å². The number of nitrogens with zero attached hydrogens (tertiary/aromatic N) is 2. The van der Waals surface area contributed by atoms with E-state index in [9.17, 15) is 0 Å². The molecule has 118 valence electrons. The zero-order chi connectivity index (χ0) is 16.1. The van der Waals surface area contributed by atoms with Crippen LogP contribution in [0.25, 0.3) is 0 Å². The fourth-order valence-electron chi connectivity index (χ4n) is 2.01. The first-order chi connectivity index (χ1) is 11.2. The highest BCUT2D eigenvalue weighted by Crippen LogP contribution is 2.30. The van der Waals surface area contributed by atoms with Gasteiger partial charge in [-0.1, -0.05) is 53.4 Å². The van der Waals surface area contributed by atoms with Gasteiger partial charge in [0.25, 0.3) is 0 Å². The highest BCUT2D eigenvalue weighted by molar-refractivity contribution is 8.00. The molecule has 0 radical (unpaired) electrons. The van der Waals surface area contributed by atoms with Gasteiger partial charge in [0, 0.05) is 11.4 Å². The molecule has 0 saturated carbocycles. The van der Waals surface area contributed by atoms with E-state index in [1.54, 1.807) is 30.2 Å². The molecular formula is C17H17N3OS2. The highest BCUT2D eigenvalue weighted by atomic mass is 32.2.